The van der Waals surface area contributed by atoms with Crippen molar-refractivity contribution in [2.24, 2.45) is 17.8 Å². The van der Waals surface area contributed by atoms with E-state index >= 15 is 0 Å². The van der Waals surface area contributed by atoms with E-state index in [0.29, 0.717) is 11.8 Å². The van der Waals surface area contributed by atoms with Gasteiger partial charge in [0.1, 0.15) is 0 Å². The minimum atomic E-state index is 0.0582. The molecule has 3 nitrogen and oxygen atoms in total. The molecule has 4 atom stereocenters. The highest BCUT2D eigenvalue weighted by Crippen LogP contribution is 2.48. The highest BCUT2D eigenvalue weighted by molar-refractivity contribution is 7.12. The molecule has 0 spiro atoms. The van der Waals surface area contributed by atoms with Gasteiger partial charge in [-0.2, -0.15) is 0 Å². The van der Waals surface area contributed by atoms with Crippen LogP contribution in [-0.4, -0.2) is 23.7 Å². The van der Waals surface area contributed by atoms with Gasteiger partial charge in [-0.15, -0.1) is 11.3 Å². The van der Waals surface area contributed by atoms with Gasteiger partial charge in [0.05, 0.1) is 4.88 Å². The van der Waals surface area contributed by atoms with Gasteiger partial charge < -0.3 is 10.4 Å². The van der Waals surface area contributed by atoms with Gasteiger partial charge in [0.2, 0.25) is 0 Å². The van der Waals surface area contributed by atoms with Crippen molar-refractivity contribution in [2.75, 3.05) is 6.61 Å². The van der Waals surface area contributed by atoms with Gasteiger partial charge in [-0.05, 0) is 54.5 Å². The van der Waals surface area contributed by atoms with E-state index in [1.165, 1.54) is 30.6 Å². The van der Waals surface area contributed by atoms with Crippen LogP contribution in [0.25, 0.3) is 0 Å². The lowest BCUT2D eigenvalue weighted by Crippen LogP contribution is -2.45. The molecule has 0 aliphatic heterocycles. The Bertz CT molecular complexity index is 470. The lowest BCUT2D eigenvalue weighted by atomic mass is 9.85. The summed E-state index contributed by atoms with van der Waals surface area (Å²) in [7, 11) is 0. The Kier molecular flexibility index (Phi) is 3.63. The van der Waals surface area contributed by atoms with Gasteiger partial charge in [0.15, 0.2) is 0 Å². The zero-order valence-corrected chi connectivity index (χ0v) is 12.1. The quantitative estimate of drug-likeness (QED) is 0.889. The lowest BCUT2D eigenvalue weighted by Gasteiger charge is -2.30. The van der Waals surface area contributed by atoms with E-state index < -0.39 is 0 Å². The molecule has 2 N–H and O–H groups in total. The fourth-order valence-corrected chi connectivity index (χ4v) is 4.83. The summed E-state index contributed by atoms with van der Waals surface area (Å²) < 4.78 is 0. The minimum absolute atomic E-state index is 0.0582. The van der Waals surface area contributed by atoms with Crippen molar-refractivity contribution in [1.29, 1.82) is 0 Å². The number of carbonyl (C=O) groups excluding carboxylic acids is 1. The Labute approximate surface area is 118 Å². The maximum Gasteiger partial charge on any atom is 0.261 e. The van der Waals surface area contributed by atoms with Crippen molar-refractivity contribution >= 4 is 17.2 Å². The molecule has 104 valence electrons. The van der Waals surface area contributed by atoms with E-state index in [0.717, 1.165) is 16.9 Å². The number of thiophene rings is 1. The van der Waals surface area contributed by atoms with Crippen molar-refractivity contribution < 1.29 is 9.90 Å². The molecule has 1 aromatic rings. The average Bonchev–Trinajstić information content (AvgIpc) is 3.13. The molecule has 2 saturated carbocycles. The van der Waals surface area contributed by atoms with Crippen LogP contribution in [0.4, 0.5) is 0 Å². The van der Waals surface area contributed by atoms with E-state index in [1.807, 2.05) is 11.4 Å². The largest absolute Gasteiger partial charge is 0.396 e. The van der Waals surface area contributed by atoms with E-state index in [2.05, 4.69) is 12.2 Å². The van der Waals surface area contributed by atoms with Crippen molar-refractivity contribution in [3.63, 3.8) is 0 Å². The average molecular weight is 279 g/mol. The maximum atomic E-state index is 12.4. The summed E-state index contributed by atoms with van der Waals surface area (Å²) in [6.07, 6.45) is 4.51. The number of carbonyl (C=O) groups is 1. The van der Waals surface area contributed by atoms with Gasteiger partial charge in [0, 0.05) is 18.6 Å². The third-order valence-electron chi connectivity index (χ3n) is 4.93. The van der Waals surface area contributed by atoms with Gasteiger partial charge in [0.25, 0.3) is 5.91 Å². The summed E-state index contributed by atoms with van der Waals surface area (Å²) in [5.41, 5.74) is 1.13. The van der Waals surface area contributed by atoms with Gasteiger partial charge in [-0.3, -0.25) is 4.79 Å². The number of hydrogen-bond donors (Lipinski definition) is 2. The first-order valence-electron chi connectivity index (χ1n) is 7.22. The van der Waals surface area contributed by atoms with E-state index in [1.54, 1.807) is 0 Å². The van der Waals surface area contributed by atoms with E-state index in [-0.39, 0.29) is 24.5 Å². The molecule has 0 aromatic carbocycles. The Morgan fingerprint density at radius 3 is 3.00 bits per heavy atom. The summed E-state index contributed by atoms with van der Waals surface area (Å²) in [6, 6.07) is 2.22. The van der Waals surface area contributed by atoms with Crippen LogP contribution in [0.2, 0.25) is 0 Å². The van der Waals surface area contributed by atoms with Crippen LogP contribution in [0.3, 0.4) is 0 Å². The first-order valence-corrected chi connectivity index (χ1v) is 8.10. The summed E-state index contributed by atoms with van der Waals surface area (Å²) in [6.45, 7) is 2.28. The molecule has 0 radical (unpaired) electrons. The zero-order valence-electron chi connectivity index (χ0n) is 11.3. The number of fused-ring (bicyclic) bond motifs is 2. The summed E-state index contributed by atoms with van der Waals surface area (Å²) in [5.74, 6) is 1.53. The predicted octanol–water partition coefficient (Wildman–Crippen LogP) is 2.45. The van der Waals surface area contributed by atoms with Crippen molar-refractivity contribution in [1.82, 2.24) is 5.32 Å². The van der Waals surface area contributed by atoms with Crippen molar-refractivity contribution in [3.05, 3.63) is 21.9 Å². The third-order valence-corrected chi connectivity index (χ3v) is 5.89. The van der Waals surface area contributed by atoms with Crippen LogP contribution in [0, 0.1) is 17.8 Å². The fourth-order valence-electron chi connectivity index (χ4n) is 3.93. The molecule has 1 amide bonds. The molecule has 1 heterocycles. The second kappa shape index (κ2) is 5.25. The molecule has 0 saturated heterocycles. The monoisotopic (exact) mass is 279 g/mol. The van der Waals surface area contributed by atoms with Gasteiger partial charge in [-0.1, -0.05) is 6.92 Å². The smallest absolute Gasteiger partial charge is 0.261 e. The molecule has 2 aliphatic carbocycles. The van der Waals surface area contributed by atoms with Crippen molar-refractivity contribution in [3.8, 4) is 0 Å². The number of amides is 1. The van der Waals surface area contributed by atoms with Crippen LogP contribution in [0.1, 0.15) is 41.4 Å². The SMILES string of the molecule is CCc1ccsc1C(=O)NC1C2CCC(C2)C1CO. The summed E-state index contributed by atoms with van der Waals surface area (Å²) in [4.78, 5) is 13.2. The molecule has 1 aromatic heterocycles. The van der Waals surface area contributed by atoms with Crippen LogP contribution >= 0.6 is 11.3 Å². The number of nitrogens with one attached hydrogen (secondary N) is 1. The van der Waals surface area contributed by atoms with Crippen LogP contribution in [0.15, 0.2) is 11.4 Å². The molecule has 2 fully saturated rings. The molecule has 19 heavy (non-hydrogen) atoms. The highest BCUT2D eigenvalue weighted by Gasteiger charge is 2.47. The van der Waals surface area contributed by atoms with E-state index in [4.69, 9.17) is 0 Å². The number of rotatable bonds is 4. The normalized spacial score (nSPS) is 32.7. The molecule has 3 rings (SSSR count). The summed E-state index contributed by atoms with van der Waals surface area (Å²) in [5, 5.41) is 14.7. The second-order valence-electron chi connectivity index (χ2n) is 5.81. The predicted molar refractivity (Wildman–Crippen MR) is 76.4 cm³/mol. The topological polar surface area (TPSA) is 49.3 Å². The number of aliphatic hydroxyl groups is 1. The molecule has 4 heteroatoms. The maximum absolute atomic E-state index is 12.4. The third kappa shape index (κ3) is 2.21. The first-order chi connectivity index (χ1) is 9.24. The molecule has 4 unspecified atom stereocenters. The van der Waals surface area contributed by atoms with Crippen molar-refractivity contribution in [2.45, 2.75) is 38.6 Å². The van der Waals surface area contributed by atoms with Crippen LogP contribution in [-0.2, 0) is 6.42 Å². The number of aliphatic hydroxyl groups excluding tert-OH is 1. The zero-order chi connectivity index (χ0) is 13.4. The standard InChI is InChI=1S/C15H21NO2S/c1-2-9-5-6-19-14(9)15(18)16-13-11-4-3-10(7-11)12(13)8-17/h5-6,10-13,17H,2-4,7-8H2,1H3,(H,16,18). The first kappa shape index (κ1) is 13.1. The number of aryl methyl sites for hydroxylation is 1. The highest BCUT2D eigenvalue weighted by atomic mass is 32.1. The Balaban J connectivity index is 1.73. The van der Waals surface area contributed by atoms with Gasteiger partial charge >= 0.3 is 0 Å². The van der Waals surface area contributed by atoms with Gasteiger partial charge in [-0.25, -0.2) is 0 Å². The lowest BCUT2D eigenvalue weighted by molar-refractivity contribution is 0.0865. The number of hydrogen-bond acceptors (Lipinski definition) is 3. The second-order valence-corrected chi connectivity index (χ2v) is 6.72. The fraction of sp³-hybridized carbons (Fsp3) is 0.667. The molecule has 2 aliphatic rings. The Morgan fingerprint density at radius 1 is 1.47 bits per heavy atom. The van der Waals surface area contributed by atoms with Crippen LogP contribution in [0.5, 0.6) is 0 Å². The van der Waals surface area contributed by atoms with Crippen LogP contribution < -0.4 is 5.32 Å². The Hall–Kier alpha value is -0.870. The van der Waals surface area contributed by atoms with E-state index in [9.17, 15) is 9.90 Å². The minimum Gasteiger partial charge on any atom is -0.396 e. The molecular formula is C15H21NO2S. The Morgan fingerprint density at radius 2 is 2.26 bits per heavy atom. The molecule has 2 bridgehead atoms. The molecular weight excluding hydrogens is 258 g/mol. The summed E-state index contributed by atoms with van der Waals surface area (Å²) >= 11 is 1.52.